The summed E-state index contributed by atoms with van der Waals surface area (Å²) in [5, 5.41) is 0. The van der Waals surface area contributed by atoms with Gasteiger partial charge in [0.05, 0.1) is 6.04 Å². The van der Waals surface area contributed by atoms with Crippen LogP contribution in [0.1, 0.15) is 33.9 Å². The second-order valence-corrected chi connectivity index (χ2v) is 6.73. The molecule has 0 radical (unpaired) electrons. The smallest absolute Gasteiger partial charge is 0.0568 e. The molecule has 1 unspecified atom stereocenters. The molecule has 0 saturated carbocycles. The summed E-state index contributed by atoms with van der Waals surface area (Å²) < 4.78 is 2.09. The summed E-state index contributed by atoms with van der Waals surface area (Å²) in [6, 6.07) is 10.4. The van der Waals surface area contributed by atoms with Gasteiger partial charge in [-0.1, -0.05) is 49.6 Å². The fraction of sp³-hybridized carbons (Fsp3) is 0.250. The van der Waals surface area contributed by atoms with E-state index in [0.717, 1.165) is 14.5 Å². The molecule has 0 amide bonds. The Morgan fingerprint density at radius 1 is 0.947 bits per heavy atom. The Morgan fingerprint density at radius 2 is 1.53 bits per heavy atom. The molecule has 0 aromatic heterocycles. The molecule has 2 rings (SSSR count). The van der Waals surface area contributed by atoms with Gasteiger partial charge in [0.25, 0.3) is 0 Å². The fourth-order valence-electron chi connectivity index (χ4n) is 2.59. The van der Waals surface area contributed by atoms with E-state index in [9.17, 15) is 0 Å². The molecule has 3 heteroatoms. The molecule has 2 N–H and O–H groups in total. The average molecular weight is 383 g/mol. The number of nitrogens with two attached hydrogens (primary N) is 1. The molecule has 0 spiro atoms. The van der Waals surface area contributed by atoms with Crippen molar-refractivity contribution in [2.45, 2.75) is 26.8 Å². The summed E-state index contributed by atoms with van der Waals surface area (Å²) in [6.07, 6.45) is 0. The van der Waals surface area contributed by atoms with Crippen LogP contribution in [-0.2, 0) is 0 Å². The van der Waals surface area contributed by atoms with Crippen LogP contribution in [0.2, 0.25) is 0 Å². The lowest BCUT2D eigenvalue weighted by Gasteiger charge is -2.20. The van der Waals surface area contributed by atoms with Gasteiger partial charge < -0.3 is 5.73 Å². The van der Waals surface area contributed by atoms with Crippen molar-refractivity contribution in [3.05, 3.63) is 67.1 Å². The zero-order valence-corrected chi connectivity index (χ0v) is 14.5. The standard InChI is InChI=1S/C16H17Br2N/c1-9-6-10(2)15(11(3)7-9)16(19)13-8-12(17)4-5-14(13)18/h4-8,16H,19H2,1-3H3. The first-order valence-corrected chi connectivity index (χ1v) is 7.77. The van der Waals surface area contributed by atoms with E-state index in [1.165, 1.54) is 22.3 Å². The number of aryl methyl sites for hydroxylation is 3. The van der Waals surface area contributed by atoms with E-state index >= 15 is 0 Å². The van der Waals surface area contributed by atoms with Crippen LogP contribution in [0, 0.1) is 20.8 Å². The highest BCUT2D eigenvalue weighted by molar-refractivity contribution is 9.11. The van der Waals surface area contributed by atoms with Gasteiger partial charge in [-0.2, -0.15) is 0 Å². The van der Waals surface area contributed by atoms with E-state index in [-0.39, 0.29) is 6.04 Å². The number of rotatable bonds is 2. The fourth-order valence-corrected chi connectivity index (χ4v) is 3.46. The Kier molecular flexibility index (Phi) is 4.49. The molecule has 0 aliphatic heterocycles. The van der Waals surface area contributed by atoms with Crippen LogP contribution in [0.25, 0.3) is 0 Å². The van der Waals surface area contributed by atoms with Crippen LogP contribution in [0.5, 0.6) is 0 Å². The lowest BCUT2D eigenvalue weighted by atomic mass is 9.90. The van der Waals surface area contributed by atoms with E-state index in [2.05, 4.69) is 70.8 Å². The third-order valence-corrected chi connectivity index (χ3v) is 4.56. The SMILES string of the molecule is Cc1cc(C)c(C(N)c2cc(Br)ccc2Br)c(C)c1. The van der Waals surface area contributed by atoms with Crippen molar-refractivity contribution in [3.63, 3.8) is 0 Å². The van der Waals surface area contributed by atoms with Gasteiger partial charge in [0, 0.05) is 8.95 Å². The summed E-state index contributed by atoms with van der Waals surface area (Å²) in [5.74, 6) is 0. The molecule has 0 bridgehead atoms. The maximum atomic E-state index is 6.49. The van der Waals surface area contributed by atoms with E-state index in [4.69, 9.17) is 5.73 Å². The van der Waals surface area contributed by atoms with Gasteiger partial charge in [0.1, 0.15) is 0 Å². The highest BCUT2D eigenvalue weighted by Crippen LogP contribution is 2.32. The van der Waals surface area contributed by atoms with Gasteiger partial charge >= 0.3 is 0 Å². The first-order valence-electron chi connectivity index (χ1n) is 6.18. The minimum Gasteiger partial charge on any atom is -0.320 e. The summed E-state index contributed by atoms with van der Waals surface area (Å²) in [7, 11) is 0. The predicted molar refractivity (Wildman–Crippen MR) is 88.5 cm³/mol. The van der Waals surface area contributed by atoms with Gasteiger partial charge in [0.15, 0.2) is 0 Å². The Labute approximate surface area is 131 Å². The maximum absolute atomic E-state index is 6.49. The largest absolute Gasteiger partial charge is 0.320 e. The van der Waals surface area contributed by atoms with Crippen molar-refractivity contribution in [2.75, 3.05) is 0 Å². The van der Waals surface area contributed by atoms with Gasteiger partial charge in [-0.3, -0.25) is 0 Å². The van der Waals surface area contributed by atoms with Crippen molar-refractivity contribution in [3.8, 4) is 0 Å². The number of benzene rings is 2. The predicted octanol–water partition coefficient (Wildman–Crippen LogP) is 5.18. The van der Waals surface area contributed by atoms with Gasteiger partial charge in [-0.25, -0.2) is 0 Å². The molecule has 2 aromatic carbocycles. The summed E-state index contributed by atoms with van der Waals surface area (Å²) in [5.41, 5.74) is 12.6. The summed E-state index contributed by atoms with van der Waals surface area (Å²) in [6.45, 7) is 6.37. The van der Waals surface area contributed by atoms with E-state index in [1.807, 2.05) is 12.1 Å². The molecular formula is C16H17Br2N. The normalized spacial score (nSPS) is 12.5. The van der Waals surface area contributed by atoms with Crippen molar-refractivity contribution in [1.29, 1.82) is 0 Å². The monoisotopic (exact) mass is 381 g/mol. The Balaban J connectivity index is 2.56. The Morgan fingerprint density at radius 3 is 2.11 bits per heavy atom. The molecule has 0 heterocycles. The third-order valence-electron chi connectivity index (χ3n) is 3.34. The summed E-state index contributed by atoms with van der Waals surface area (Å²) >= 11 is 7.10. The Hall–Kier alpha value is -0.640. The van der Waals surface area contributed by atoms with Crippen LogP contribution < -0.4 is 5.73 Å². The van der Waals surface area contributed by atoms with Crippen LogP contribution in [-0.4, -0.2) is 0 Å². The first kappa shape index (κ1) is 14.8. The van der Waals surface area contributed by atoms with Crippen LogP contribution in [0.4, 0.5) is 0 Å². The molecular weight excluding hydrogens is 366 g/mol. The number of hydrogen-bond acceptors (Lipinski definition) is 1. The lowest BCUT2D eigenvalue weighted by molar-refractivity contribution is 0.844. The molecule has 0 aliphatic rings. The second kappa shape index (κ2) is 5.78. The van der Waals surface area contributed by atoms with Crippen molar-refractivity contribution < 1.29 is 0 Å². The molecule has 0 aliphatic carbocycles. The minimum absolute atomic E-state index is 0.118. The van der Waals surface area contributed by atoms with Crippen molar-refractivity contribution >= 4 is 31.9 Å². The first-order chi connectivity index (χ1) is 8.90. The van der Waals surface area contributed by atoms with Crippen LogP contribution in [0.15, 0.2) is 39.3 Å². The third kappa shape index (κ3) is 3.10. The lowest BCUT2D eigenvalue weighted by Crippen LogP contribution is -2.15. The number of halogens is 2. The quantitative estimate of drug-likeness (QED) is 0.760. The van der Waals surface area contributed by atoms with Gasteiger partial charge in [0.2, 0.25) is 0 Å². The number of hydrogen-bond donors (Lipinski definition) is 1. The second-order valence-electron chi connectivity index (χ2n) is 4.96. The van der Waals surface area contributed by atoms with E-state index < -0.39 is 0 Å². The molecule has 19 heavy (non-hydrogen) atoms. The van der Waals surface area contributed by atoms with Gasteiger partial charge in [-0.05, 0) is 61.2 Å². The molecule has 1 atom stereocenters. The van der Waals surface area contributed by atoms with E-state index in [1.54, 1.807) is 0 Å². The highest BCUT2D eigenvalue weighted by atomic mass is 79.9. The van der Waals surface area contributed by atoms with Crippen molar-refractivity contribution in [2.24, 2.45) is 5.73 Å². The molecule has 100 valence electrons. The average Bonchev–Trinajstić information content (AvgIpc) is 2.30. The molecule has 0 fully saturated rings. The maximum Gasteiger partial charge on any atom is 0.0568 e. The zero-order valence-electron chi connectivity index (χ0n) is 11.3. The summed E-state index contributed by atoms with van der Waals surface area (Å²) in [4.78, 5) is 0. The van der Waals surface area contributed by atoms with Crippen LogP contribution >= 0.6 is 31.9 Å². The van der Waals surface area contributed by atoms with Crippen LogP contribution in [0.3, 0.4) is 0 Å². The topological polar surface area (TPSA) is 26.0 Å². The van der Waals surface area contributed by atoms with E-state index in [0.29, 0.717) is 0 Å². The Bertz CT molecular complexity index is 597. The minimum atomic E-state index is -0.118. The molecule has 2 aromatic rings. The highest BCUT2D eigenvalue weighted by Gasteiger charge is 2.17. The zero-order chi connectivity index (χ0) is 14.2. The van der Waals surface area contributed by atoms with Crippen molar-refractivity contribution in [1.82, 2.24) is 0 Å². The van der Waals surface area contributed by atoms with Gasteiger partial charge in [-0.15, -0.1) is 0 Å². The molecule has 0 saturated heterocycles. The molecule has 1 nitrogen and oxygen atoms in total.